The van der Waals surface area contributed by atoms with E-state index in [0.717, 1.165) is 26.1 Å². The fraction of sp³-hybridized carbons (Fsp3) is 0.533. The summed E-state index contributed by atoms with van der Waals surface area (Å²) in [6.07, 6.45) is 2.26. The minimum Gasteiger partial charge on any atom is -0.381 e. The van der Waals surface area contributed by atoms with Gasteiger partial charge in [0.05, 0.1) is 0 Å². The van der Waals surface area contributed by atoms with Crippen molar-refractivity contribution in [1.29, 1.82) is 0 Å². The van der Waals surface area contributed by atoms with E-state index in [2.05, 4.69) is 17.4 Å². The third kappa shape index (κ3) is 3.71. The average molecular weight is 282 g/mol. The van der Waals surface area contributed by atoms with Gasteiger partial charge >= 0.3 is 0 Å². The molecule has 0 aromatic heterocycles. The summed E-state index contributed by atoms with van der Waals surface area (Å²) in [7, 11) is 0. The maximum absolute atomic E-state index is 11.6. The Balaban J connectivity index is 2.09. The van der Waals surface area contributed by atoms with Crippen LogP contribution in [0.1, 0.15) is 24.8 Å². The van der Waals surface area contributed by atoms with Gasteiger partial charge in [0.25, 0.3) is 0 Å². The minimum atomic E-state index is 0.00147. The number of nitrogens with one attached hydrogen (secondary N) is 1. The van der Waals surface area contributed by atoms with E-state index in [1.54, 1.807) is 0 Å². The fourth-order valence-electron chi connectivity index (χ4n) is 2.56. The number of ether oxygens (including phenoxy) is 1. The second-order valence-corrected chi connectivity index (χ2v) is 5.35. The van der Waals surface area contributed by atoms with E-state index in [1.165, 1.54) is 5.56 Å². The van der Waals surface area contributed by atoms with Crippen molar-refractivity contribution in [3.8, 4) is 0 Å². The molecule has 0 radical (unpaired) electrons. The SMILES string of the molecule is O=C(CCCl)NCC1(c2ccccc2)CCOCC1. The second-order valence-electron chi connectivity index (χ2n) is 4.97. The van der Waals surface area contributed by atoms with Gasteiger partial charge in [0.15, 0.2) is 0 Å². The molecule has 0 spiro atoms. The quantitative estimate of drug-likeness (QED) is 0.842. The monoisotopic (exact) mass is 281 g/mol. The smallest absolute Gasteiger partial charge is 0.221 e. The number of hydrogen-bond donors (Lipinski definition) is 1. The molecule has 1 heterocycles. The lowest BCUT2D eigenvalue weighted by Crippen LogP contribution is -2.44. The van der Waals surface area contributed by atoms with Crippen molar-refractivity contribution >= 4 is 17.5 Å². The van der Waals surface area contributed by atoms with Gasteiger partial charge in [-0.1, -0.05) is 30.3 Å². The Bertz CT molecular complexity index is 402. The van der Waals surface area contributed by atoms with Crippen LogP contribution in [0, 0.1) is 0 Å². The van der Waals surface area contributed by atoms with Crippen molar-refractivity contribution in [3.63, 3.8) is 0 Å². The zero-order chi connectivity index (χ0) is 13.6. The lowest BCUT2D eigenvalue weighted by molar-refractivity contribution is -0.121. The predicted molar refractivity (Wildman–Crippen MR) is 76.5 cm³/mol. The van der Waals surface area contributed by atoms with E-state index in [4.69, 9.17) is 16.3 Å². The van der Waals surface area contributed by atoms with Gasteiger partial charge in [0.1, 0.15) is 0 Å². The summed E-state index contributed by atoms with van der Waals surface area (Å²) in [4.78, 5) is 11.6. The first-order valence-electron chi connectivity index (χ1n) is 6.73. The molecule has 1 amide bonds. The van der Waals surface area contributed by atoms with Crippen LogP contribution in [-0.2, 0) is 14.9 Å². The summed E-state index contributed by atoms with van der Waals surface area (Å²) >= 11 is 5.59. The summed E-state index contributed by atoms with van der Waals surface area (Å²) < 4.78 is 5.47. The van der Waals surface area contributed by atoms with Gasteiger partial charge in [-0.15, -0.1) is 11.6 Å². The molecule has 1 N–H and O–H groups in total. The summed E-state index contributed by atoms with van der Waals surface area (Å²) in [5.41, 5.74) is 1.28. The normalized spacial score (nSPS) is 17.9. The maximum atomic E-state index is 11.6. The van der Waals surface area contributed by atoms with Crippen molar-refractivity contribution in [1.82, 2.24) is 5.32 Å². The number of rotatable bonds is 5. The lowest BCUT2D eigenvalue weighted by Gasteiger charge is -2.38. The molecule has 3 nitrogen and oxygen atoms in total. The molecule has 1 aliphatic rings. The Morgan fingerprint density at radius 1 is 1.26 bits per heavy atom. The van der Waals surface area contributed by atoms with Crippen molar-refractivity contribution in [3.05, 3.63) is 35.9 Å². The molecule has 0 bridgehead atoms. The molecular formula is C15H20ClNO2. The Labute approximate surface area is 119 Å². The third-order valence-electron chi connectivity index (χ3n) is 3.78. The molecule has 1 fully saturated rings. The molecule has 0 unspecified atom stereocenters. The fourth-order valence-corrected chi connectivity index (χ4v) is 2.73. The summed E-state index contributed by atoms with van der Waals surface area (Å²) in [6.45, 7) is 2.16. The van der Waals surface area contributed by atoms with Crippen molar-refractivity contribution in [2.45, 2.75) is 24.7 Å². The maximum Gasteiger partial charge on any atom is 0.221 e. The Hall–Kier alpha value is -1.06. The molecule has 4 heteroatoms. The van der Waals surface area contributed by atoms with E-state index in [0.29, 0.717) is 18.8 Å². The van der Waals surface area contributed by atoms with Crippen molar-refractivity contribution < 1.29 is 9.53 Å². The Morgan fingerprint density at radius 2 is 1.95 bits per heavy atom. The van der Waals surface area contributed by atoms with Gasteiger partial charge in [-0.05, 0) is 18.4 Å². The number of benzene rings is 1. The van der Waals surface area contributed by atoms with Gasteiger partial charge in [0.2, 0.25) is 5.91 Å². The molecule has 1 aromatic carbocycles. The van der Waals surface area contributed by atoms with Gasteiger partial charge in [0, 0.05) is 37.5 Å². The van der Waals surface area contributed by atoms with Crippen LogP contribution in [0.5, 0.6) is 0 Å². The highest BCUT2D eigenvalue weighted by atomic mass is 35.5. The van der Waals surface area contributed by atoms with Gasteiger partial charge in [-0.25, -0.2) is 0 Å². The highest BCUT2D eigenvalue weighted by Crippen LogP contribution is 2.34. The van der Waals surface area contributed by atoms with Crippen LogP contribution in [0.25, 0.3) is 0 Å². The van der Waals surface area contributed by atoms with Crippen molar-refractivity contribution in [2.75, 3.05) is 25.6 Å². The van der Waals surface area contributed by atoms with E-state index in [-0.39, 0.29) is 11.3 Å². The molecular weight excluding hydrogens is 262 g/mol. The van der Waals surface area contributed by atoms with Crippen LogP contribution < -0.4 is 5.32 Å². The molecule has 1 saturated heterocycles. The average Bonchev–Trinajstić information content (AvgIpc) is 2.47. The summed E-state index contributed by atoms with van der Waals surface area (Å²) in [5, 5.41) is 3.01. The van der Waals surface area contributed by atoms with E-state index in [9.17, 15) is 4.79 Å². The molecule has 1 aliphatic heterocycles. The molecule has 0 aliphatic carbocycles. The lowest BCUT2D eigenvalue weighted by atomic mass is 9.74. The van der Waals surface area contributed by atoms with Crippen LogP contribution in [0.3, 0.4) is 0 Å². The molecule has 19 heavy (non-hydrogen) atoms. The zero-order valence-corrected chi connectivity index (χ0v) is 11.8. The van der Waals surface area contributed by atoms with Crippen molar-refractivity contribution in [2.24, 2.45) is 0 Å². The van der Waals surface area contributed by atoms with Crippen LogP contribution in [0.15, 0.2) is 30.3 Å². The van der Waals surface area contributed by atoms with Crippen LogP contribution in [-0.4, -0.2) is 31.5 Å². The van der Waals surface area contributed by atoms with E-state index >= 15 is 0 Å². The van der Waals surface area contributed by atoms with Crippen LogP contribution in [0.4, 0.5) is 0 Å². The highest BCUT2D eigenvalue weighted by molar-refractivity contribution is 6.18. The molecule has 2 rings (SSSR count). The second kappa shape index (κ2) is 6.92. The number of amides is 1. The largest absolute Gasteiger partial charge is 0.381 e. The number of halogens is 1. The van der Waals surface area contributed by atoms with Gasteiger partial charge < -0.3 is 10.1 Å². The summed E-state index contributed by atoms with van der Waals surface area (Å²) in [5.74, 6) is 0.393. The number of carbonyl (C=O) groups excluding carboxylic acids is 1. The Morgan fingerprint density at radius 3 is 2.58 bits per heavy atom. The Kier molecular flexibility index (Phi) is 5.23. The van der Waals surface area contributed by atoms with E-state index < -0.39 is 0 Å². The molecule has 1 aromatic rings. The number of carbonyl (C=O) groups is 1. The predicted octanol–water partition coefficient (Wildman–Crippen LogP) is 2.48. The first kappa shape index (κ1) is 14.4. The van der Waals surface area contributed by atoms with Gasteiger partial charge in [-0.2, -0.15) is 0 Å². The number of alkyl halides is 1. The minimum absolute atomic E-state index is 0.00147. The first-order chi connectivity index (χ1) is 9.27. The number of hydrogen-bond acceptors (Lipinski definition) is 2. The topological polar surface area (TPSA) is 38.3 Å². The molecule has 0 atom stereocenters. The molecule has 0 saturated carbocycles. The third-order valence-corrected chi connectivity index (χ3v) is 3.97. The van der Waals surface area contributed by atoms with Gasteiger partial charge in [-0.3, -0.25) is 4.79 Å². The van der Waals surface area contributed by atoms with E-state index in [1.807, 2.05) is 18.2 Å². The first-order valence-corrected chi connectivity index (χ1v) is 7.26. The standard InChI is InChI=1S/C15H20ClNO2/c16-9-6-14(18)17-12-15(7-10-19-11-8-15)13-4-2-1-3-5-13/h1-5H,6-12H2,(H,17,18). The molecule has 104 valence electrons. The zero-order valence-electron chi connectivity index (χ0n) is 11.0. The van der Waals surface area contributed by atoms with Crippen LogP contribution >= 0.6 is 11.6 Å². The highest BCUT2D eigenvalue weighted by Gasteiger charge is 2.34. The summed E-state index contributed by atoms with van der Waals surface area (Å²) in [6, 6.07) is 10.4. The van der Waals surface area contributed by atoms with Crippen LogP contribution in [0.2, 0.25) is 0 Å².